The summed E-state index contributed by atoms with van der Waals surface area (Å²) < 4.78 is 64.6. The van der Waals surface area contributed by atoms with E-state index in [1.807, 2.05) is 0 Å². The van der Waals surface area contributed by atoms with Gasteiger partial charge in [-0.25, -0.2) is 26.4 Å². The molecule has 306 valence electrons. The van der Waals surface area contributed by atoms with E-state index < -0.39 is 92.5 Å². The van der Waals surface area contributed by atoms with Crippen LogP contribution in [-0.2, 0) is 39.1 Å². The van der Waals surface area contributed by atoms with E-state index in [1.54, 1.807) is 60.7 Å². The minimum Gasteiger partial charge on any atom is -0.442 e. The fourth-order valence-corrected chi connectivity index (χ4v) is 10.7. The number of para-hydroxylation sites is 2. The zero-order valence-electron chi connectivity index (χ0n) is 31.3. The number of benzene rings is 2. The van der Waals surface area contributed by atoms with Gasteiger partial charge in [0.15, 0.2) is 0 Å². The average Bonchev–Trinajstić information content (AvgIpc) is 3.92. The molecule has 4 fully saturated rings. The van der Waals surface area contributed by atoms with Crippen molar-refractivity contribution in [2.75, 3.05) is 49.3 Å². The second-order valence-electron chi connectivity index (χ2n) is 14.8. The molecule has 18 nitrogen and oxygen atoms in total. The van der Waals surface area contributed by atoms with Gasteiger partial charge in [-0.15, -0.1) is 0 Å². The number of hydrogen-bond acceptors (Lipinski definition) is 12. The van der Waals surface area contributed by atoms with Gasteiger partial charge in [0.1, 0.15) is 12.2 Å². The van der Waals surface area contributed by atoms with Crippen molar-refractivity contribution in [3.8, 4) is 0 Å². The smallest absolute Gasteiger partial charge is 0.412 e. The van der Waals surface area contributed by atoms with Gasteiger partial charge >= 0.3 is 12.2 Å². The van der Waals surface area contributed by atoms with Crippen LogP contribution >= 0.6 is 0 Å². The molecule has 4 aliphatic rings. The third kappa shape index (κ3) is 9.26. The van der Waals surface area contributed by atoms with Gasteiger partial charge in [0.05, 0.1) is 61.9 Å². The van der Waals surface area contributed by atoms with Crippen molar-refractivity contribution >= 4 is 55.4 Å². The molecule has 4 amide bonds. The van der Waals surface area contributed by atoms with Gasteiger partial charge in [-0.2, -0.15) is 8.61 Å². The predicted molar refractivity (Wildman–Crippen MR) is 206 cm³/mol. The highest BCUT2D eigenvalue weighted by molar-refractivity contribution is 7.88. The normalized spacial score (nSPS) is 26.3. The number of amides is 4. The number of nitrogens with two attached hydrogens (primary N) is 2. The molecule has 0 bridgehead atoms. The zero-order valence-corrected chi connectivity index (χ0v) is 32.9. The Balaban J connectivity index is 1.02. The fraction of sp³-hybridized carbons (Fsp3) is 0.556. The van der Waals surface area contributed by atoms with E-state index in [0.29, 0.717) is 37.1 Å². The van der Waals surface area contributed by atoms with Crippen molar-refractivity contribution in [1.29, 1.82) is 0 Å². The van der Waals surface area contributed by atoms with Gasteiger partial charge in [0.2, 0.25) is 31.9 Å². The lowest BCUT2D eigenvalue weighted by atomic mass is 10.0. The first-order valence-electron chi connectivity index (χ1n) is 18.6. The maximum atomic E-state index is 13.7. The van der Waals surface area contributed by atoms with E-state index in [-0.39, 0.29) is 39.0 Å². The van der Waals surface area contributed by atoms with E-state index in [9.17, 15) is 36.0 Å². The molecule has 0 saturated carbocycles. The van der Waals surface area contributed by atoms with Crippen molar-refractivity contribution < 1.29 is 45.5 Å². The van der Waals surface area contributed by atoms with Gasteiger partial charge < -0.3 is 30.7 Å². The minimum atomic E-state index is -3.67. The third-order valence-corrected chi connectivity index (χ3v) is 13.5. The van der Waals surface area contributed by atoms with E-state index in [0.717, 1.165) is 12.5 Å². The highest BCUT2D eigenvalue weighted by Gasteiger charge is 2.56. The number of sulfonamides is 2. The van der Waals surface area contributed by atoms with Gasteiger partial charge in [-0.3, -0.25) is 20.2 Å². The molecule has 2 aromatic carbocycles. The van der Waals surface area contributed by atoms with E-state index >= 15 is 0 Å². The topological polar surface area (TPSA) is 244 Å². The highest BCUT2D eigenvalue weighted by Crippen LogP contribution is 2.37. The fourth-order valence-electron chi connectivity index (χ4n) is 8.47. The summed E-state index contributed by atoms with van der Waals surface area (Å²) in [4.78, 5) is 56.0. The summed E-state index contributed by atoms with van der Waals surface area (Å²) in [6.45, 7) is 0.279. The standard InChI is InChI=1S/C36H50N8O10S2/c1-55(49,50)43-21-29(53-35(47)39-23-11-5-3-6-12-23)31-27(43)17-19-41(31)33(45)25(37)15-9-10-16-26(38)34(46)42-20-18-28-32(42)30(22-44(28)56(2,51)52)54-36(48)40-24-13-7-4-8-14-24/h3-8,11-14,25-32H,9-10,15-22,37-38H2,1-2H3,(H,39,47)(H,40,48)/t25?,26?,27-,28-,29+,30+,31+,32+/m1/s1. The number of carbonyl (C=O) groups excluding carboxylic acids is 4. The van der Waals surface area contributed by atoms with Crippen LogP contribution in [0.4, 0.5) is 21.0 Å². The maximum Gasteiger partial charge on any atom is 0.412 e. The van der Waals surface area contributed by atoms with Crippen LogP contribution in [0, 0.1) is 0 Å². The van der Waals surface area contributed by atoms with E-state index in [1.165, 1.54) is 18.4 Å². The summed E-state index contributed by atoms with van der Waals surface area (Å²) in [5, 5.41) is 5.26. The zero-order chi connectivity index (χ0) is 40.4. The SMILES string of the molecule is CS(=O)(=O)N1C[C@H](OC(=O)Nc2ccccc2)[C@@H]2[C@H]1CCN2C(=O)C(N)CCCCC(N)C(=O)N1CC[C@@H]2[C@H]1[C@@H](OC(=O)Nc1ccccc1)CN2S(C)(=O)=O. The van der Waals surface area contributed by atoms with Crippen molar-refractivity contribution in [3.05, 3.63) is 60.7 Å². The molecule has 4 aliphatic heterocycles. The Morgan fingerprint density at radius 3 is 1.36 bits per heavy atom. The van der Waals surface area contributed by atoms with Crippen LogP contribution in [-0.4, -0.2) is 146 Å². The quantitative estimate of drug-likeness (QED) is 0.206. The molecule has 56 heavy (non-hydrogen) atoms. The van der Waals surface area contributed by atoms with E-state index in [4.69, 9.17) is 20.9 Å². The monoisotopic (exact) mass is 818 g/mol. The van der Waals surface area contributed by atoms with Crippen molar-refractivity contribution in [2.24, 2.45) is 11.5 Å². The first kappa shape index (κ1) is 41.3. The second-order valence-corrected chi connectivity index (χ2v) is 18.7. The molecule has 4 saturated heterocycles. The molecule has 2 aromatic rings. The van der Waals surface area contributed by atoms with Crippen LogP contribution < -0.4 is 22.1 Å². The van der Waals surface area contributed by atoms with Crippen LogP contribution in [0.2, 0.25) is 0 Å². The number of nitrogens with zero attached hydrogens (tertiary/aromatic N) is 4. The van der Waals surface area contributed by atoms with Crippen LogP contribution in [0.25, 0.3) is 0 Å². The summed E-state index contributed by atoms with van der Waals surface area (Å²) in [5.74, 6) is -0.792. The van der Waals surface area contributed by atoms with Crippen molar-refractivity contribution in [3.63, 3.8) is 0 Å². The maximum absolute atomic E-state index is 13.7. The lowest BCUT2D eigenvalue weighted by Crippen LogP contribution is -2.52. The van der Waals surface area contributed by atoms with Gasteiger partial charge in [-0.1, -0.05) is 49.2 Å². The summed E-state index contributed by atoms with van der Waals surface area (Å²) in [6.07, 6.45) is 0.916. The molecular formula is C36H50N8O10S2. The van der Waals surface area contributed by atoms with Crippen LogP contribution in [0.5, 0.6) is 0 Å². The lowest BCUT2D eigenvalue weighted by Gasteiger charge is -2.30. The van der Waals surface area contributed by atoms with Crippen LogP contribution in [0.3, 0.4) is 0 Å². The van der Waals surface area contributed by atoms with Crippen LogP contribution in [0.1, 0.15) is 38.5 Å². The first-order valence-corrected chi connectivity index (χ1v) is 22.3. The lowest BCUT2D eigenvalue weighted by molar-refractivity contribution is -0.136. The van der Waals surface area contributed by atoms with Crippen molar-refractivity contribution in [2.45, 2.75) is 87.0 Å². The number of fused-ring (bicyclic) bond motifs is 2. The van der Waals surface area contributed by atoms with Gasteiger partial charge in [0, 0.05) is 24.5 Å². The Labute approximate surface area is 326 Å². The highest BCUT2D eigenvalue weighted by atomic mass is 32.2. The first-order chi connectivity index (χ1) is 26.5. The van der Waals surface area contributed by atoms with Gasteiger partial charge in [0.25, 0.3) is 0 Å². The number of anilines is 2. The van der Waals surface area contributed by atoms with Crippen molar-refractivity contribution in [1.82, 2.24) is 18.4 Å². The molecule has 2 unspecified atom stereocenters. The number of unbranched alkanes of at least 4 members (excludes halogenated alkanes) is 1. The third-order valence-electron chi connectivity index (χ3n) is 11.0. The number of carbonyl (C=O) groups is 4. The number of ether oxygens (including phenoxy) is 2. The number of likely N-dealkylation sites (tertiary alicyclic amines) is 2. The van der Waals surface area contributed by atoms with Crippen LogP contribution in [0.15, 0.2) is 60.7 Å². The molecule has 0 radical (unpaired) electrons. The Hall–Kier alpha value is -4.34. The van der Waals surface area contributed by atoms with E-state index in [2.05, 4.69) is 10.6 Å². The Morgan fingerprint density at radius 2 is 1.02 bits per heavy atom. The molecule has 6 rings (SSSR count). The predicted octanol–water partition coefficient (Wildman–Crippen LogP) is 0.925. The Kier molecular flexibility index (Phi) is 12.6. The molecule has 0 aromatic heterocycles. The molecule has 20 heteroatoms. The Morgan fingerprint density at radius 1 is 0.661 bits per heavy atom. The average molecular weight is 819 g/mol. The molecular weight excluding hydrogens is 769 g/mol. The molecule has 8 atom stereocenters. The summed E-state index contributed by atoms with van der Waals surface area (Å²) in [5.41, 5.74) is 13.8. The number of nitrogens with one attached hydrogen (secondary N) is 2. The molecule has 4 heterocycles. The largest absolute Gasteiger partial charge is 0.442 e. The molecule has 0 aliphatic carbocycles. The summed E-state index contributed by atoms with van der Waals surface area (Å²) in [7, 11) is -7.34. The molecule has 0 spiro atoms. The number of hydrogen-bond donors (Lipinski definition) is 4. The second kappa shape index (κ2) is 17.0. The number of rotatable bonds is 13. The molecule has 6 N–H and O–H groups in total. The van der Waals surface area contributed by atoms with Gasteiger partial charge in [-0.05, 0) is 49.9 Å². The summed E-state index contributed by atoms with van der Waals surface area (Å²) in [6, 6.07) is 12.8. The Bertz CT molecular complexity index is 1840. The minimum absolute atomic E-state index is 0.0972. The summed E-state index contributed by atoms with van der Waals surface area (Å²) >= 11 is 0.